The van der Waals surface area contributed by atoms with E-state index in [2.05, 4.69) is 4.98 Å². The maximum absolute atomic E-state index is 13.1. The number of aryl methyl sites for hydroxylation is 1. The molecular formula is C23H24N2O4. The quantitative estimate of drug-likeness (QED) is 0.487. The highest BCUT2D eigenvalue weighted by Gasteiger charge is 2.49. The first-order chi connectivity index (χ1) is 14.0. The third-order valence-electron chi connectivity index (χ3n) is 5.91. The summed E-state index contributed by atoms with van der Waals surface area (Å²) in [7, 11) is 1.57. The number of aliphatic hydroxyl groups is 1. The lowest BCUT2D eigenvalue weighted by Gasteiger charge is -2.30. The normalized spacial score (nSPS) is 21.7. The van der Waals surface area contributed by atoms with Crippen LogP contribution in [0.15, 0.2) is 48.3 Å². The fourth-order valence-electron chi connectivity index (χ4n) is 4.46. The number of carbonyl (C=O) groups is 2. The summed E-state index contributed by atoms with van der Waals surface area (Å²) in [6.07, 6.45) is 7.10. The minimum atomic E-state index is -0.633. The van der Waals surface area contributed by atoms with Gasteiger partial charge >= 0.3 is 0 Å². The van der Waals surface area contributed by atoms with Gasteiger partial charge in [-0.2, -0.15) is 0 Å². The summed E-state index contributed by atoms with van der Waals surface area (Å²) < 4.78 is 5.23. The summed E-state index contributed by atoms with van der Waals surface area (Å²) in [5, 5.41) is 11.2. The average molecular weight is 392 g/mol. The zero-order valence-corrected chi connectivity index (χ0v) is 16.6. The van der Waals surface area contributed by atoms with Crippen LogP contribution in [-0.2, 0) is 9.59 Å². The van der Waals surface area contributed by atoms with E-state index in [4.69, 9.17) is 4.74 Å². The smallest absolute Gasteiger partial charge is 0.295 e. The number of pyridine rings is 1. The van der Waals surface area contributed by atoms with Crippen LogP contribution in [0.3, 0.4) is 0 Å². The minimum Gasteiger partial charge on any atom is -0.507 e. The molecule has 1 saturated carbocycles. The van der Waals surface area contributed by atoms with Crippen molar-refractivity contribution >= 4 is 17.4 Å². The minimum absolute atomic E-state index is 0.00637. The Bertz CT molecular complexity index is 978. The molecule has 1 aromatic carbocycles. The molecule has 1 N–H and O–H groups in total. The van der Waals surface area contributed by atoms with Gasteiger partial charge in [0.2, 0.25) is 0 Å². The van der Waals surface area contributed by atoms with E-state index in [1.165, 1.54) is 0 Å². The number of ether oxygens (including phenoxy) is 1. The molecule has 2 aromatic rings. The van der Waals surface area contributed by atoms with Crippen molar-refractivity contribution in [3.8, 4) is 5.75 Å². The number of Topliss-reactive ketones (excluding diaryl/α,β-unsaturated/α-hetero) is 1. The Morgan fingerprint density at radius 1 is 1.14 bits per heavy atom. The topological polar surface area (TPSA) is 79.7 Å². The van der Waals surface area contributed by atoms with Crippen molar-refractivity contribution in [3.63, 3.8) is 0 Å². The van der Waals surface area contributed by atoms with Gasteiger partial charge in [0.25, 0.3) is 11.7 Å². The molecular weight excluding hydrogens is 368 g/mol. The molecule has 6 heteroatoms. The Morgan fingerprint density at radius 2 is 1.83 bits per heavy atom. The van der Waals surface area contributed by atoms with Crippen molar-refractivity contribution in [1.29, 1.82) is 0 Å². The van der Waals surface area contributed by atoms with Crippen LogP contribution < -0.4 is 4.74 Å². The van der Waals surface area contributed by atoms with Crippen LogP contribution in [0, 0.1) is 6.92 Å². The second kappa shape index (κ2) is 7.70. The van der Waals surface area contributed by atoms with Gasteiger partial charge in [0, 0.05) is 24.0 Å². The van der Waals surface area contributed by atoms with E-state index in [-0.39, 0.29) is 17.4 Å². The van der Waals surface area contributed by atoms with Crippen molar-refractivity contribution in [2.45, 2.75) is 44.7 Å². The van der Waals surface area contributed by atoms with Crippen LogP contribution in [-0.4, -0.2) is 39.8 Å². The van der Waals surface area contributed by atoms with E-state index in [1.54, 1.807) is 54.7 Å². The van der Waals surface area contributed by atoms with Gasteiger partial charge in [0.1, 0.15) is 11.5 Å². The molecule has 0 spiro atoms. The molecule has 1 saturated heterocycles. The molecule has 0 bridgehead atoms. The second-order valence-corrected chi connectivity index (χ2v) is 7.61. The van der Waals surface area contributed by atoms with Crippen LogP contribution in [0.4, 0.5) is 0 Å². The van der Waals surface area contributed by atoms with Gasteiger partial charge < -0.3 is 14.7 Å². The number of benzene rings is 1. The Morgan fingerprint density at radius 3 is 2.45 bits per heavy atom. The van der Waals surface area contributed by atoms with Crippen molar-refractivity contribution in [2.75, 3.05) is 7.11 Å². The highest BCUT2D eigenvalue weighted by Crippen LogP contribution is 2.43. The number of methoxy groups -OCH3 is 1. The SMILES string of the molecule is COc1ccc(/C(O)=C2/C(=O)C(=O)N(C3CCCC3)C2c2ccncc2)c(C)c1. The van der Waals surface area contributed by atoms with Crippen LogP contribution in [0.5, 0.6) is 5.75 Å². The predicted octanol–water partition coefficient (Wildman–Crippen LogP) is 3.76. The third-order valence-corrected chi connectivity index (χ3v) is 5.91. The summed E-state index contributed by atoms with van der Waals surface area (Å²) in [4.78, 5) is 31.8. The van der Waals surface area contributed by atoms with E-state index in [0.29, 0.717) is 11.3 Å². The summed E-state index contributed by atoms with van der Waals surface area (Å²) in [6, 6.07) is 8.24. The number of likely N-dealkylation sites (tertiary alicyclic amines) is 1. The molecule has 0 radical (unpaired) electrons. The van der Waals surface area contributed by atoms with Crippen molar-refractivity contribution in [1.82, 2.24) is 9.88 Å². The summed E-state index contributed by atoms with van der Waals surface area (Å²) in [5.74, 6) is -0.653. The molecule has 2 heterocycles. The van der Waals surface area contributed by atoms with Gasteiger partial charge in [-0.15, -0.1) is 0 Å². The van der Waals surface area contributed by atoms with Crippen molar-refractivity contribution in [3.05, 3.63) is 65.0 Å². The van der Waals surface area contributed by atoms with E-state index in [1.807, 2.05) is 6.92 Å². The number of hydrogen-bond donors (Lipinski definition) is 1. The molecule has 6 nitrogen and oxygen atoms in total. The molecule has 29 heavy (non-hydrogen) atoms. The summed E-state index contributed by atoms with van der Waals surface area (Å²) in [5.41, 5.74) is 2.21. The summed E-state index contributed by atoms with van der Waals surface area (Å²) in [6.45, 7) is 1.84. The zero-order chi connectivity index (χ0) is 20.5. The number of nitrogens with zero attached hydrogens (tertiary/aromatic N) is 2. The molecule has 1 unspecified atom stereocenters. The zero-order valence-electron chi connectivity index (χ0n) is 16.6. The van der Waals surface area contributed by atoms with E-state index < -0.39 is 17.7 Å². The monoisotopic (exact) mass is 392 g/mol. The van der Waals surface area contributed by atoms with E-state index in [0.717, 1.165) is 36.8 Å². The Hall–Kier alpha value is -3.15. The van der Waals surface area contributed by atoms with Crippen LogP contribution >= 0.6 is 0 Å². The van der Waals surface area contributed by atoms with Gasteiger partial charge in [0.05, 0.1) is 18.7 Å². The number of amides is 1. The van der Waals surface area contributed by atoms with Crippen LogP contribution in [0.25, 0.3) is 5.76 Å². The van der Waals surface area contributed by atoms with Crippen molar-refractivity contribution in [2.24, 2.45) is 0 Å². The number of carbonyl (C=O) groups excluding carboxylic acids is 2. The number of hydrogen-bond acceptors (Lipinski definition) is 5. The molecule has 1 atom stereocenters. The van der Waals surface area contributed by atoms with Gasteiger partial charge in [-0.1, -0.05) is 12.8 Å². The molecule has 150 valence electrons. The van der Waals surface area contributed by atoms with Crippen LogP contribution in [0.2, 0.25) is 0 Å². The lowest BCUT2D eigenvalue weighted by Crippen LogP contribution is -2.37. The Labute approximate surface area is 169 Å². The highest BCUT2D eigenvalue weighted by molar-refractivity contribution is 6.46. The van der Waals surface area contributed by atoms with Gasteiger partial charge in [-0.05, 0) is 61.2 Å². The molecule has 1 aliphatic carbocycles. The largest absolute Gasteiger partial charge is 0.507 e. The average Bonchev–Trinajstić information content (AvgIpc) is 3.35. The maximum Gasteiger partial charge on any atom is 0.295 e. The molecule has 1 amide bonds. The number of ketones is 1. The first-order valence-electron chi connectivity index (χ1n) is 9.88. The van der Waals surface area contributed by atoms with Gasteiger partial charge in [-0.25, -0.2) is 0 Å². The van der Waals surface area contributed by atoms with Crippen molar-refractivity contribution < 1.29 is 19.4 Å². The molecule has 4 rings (SSSR count). The maximum atomic E-state index is 13.1. The Kier molecular flexibility index (Phi) is 5.09. The Balaban J connectivity index is 1.88. The summed E-state index contributed by atoms with van der Waals surface area (Å²) >= 11 is 0. The molecule has 2 fully saturated rings. The molecule has 1 aliphatic heterocycles. The highest BCUT2D eigenvalue weighted by atomic mass is 16.5. The van der Waals surface area contributed by atoms with E-state index in [9.17, 15) is 14.7 Å². The lowest BCUT2D eigenvalue weighted by atomic mass is 9.94. The van der Waals surface area contributed by atoms with Gasteiger partial charge in [-0.3, -0.25) is 14.6 Å². The molecule has 2 aliphatic rings. The lowest BCUT2D eigenvalue weighted by molar-refractivity contribution is -0.141. The fraction of sp³-hybridized carbons (Fsp3) is 0.348. The molecule has 1 aromatic heterocycles. The number of aliphatic hydroxyl groups excluding tert-OH is 1. The first kappa shape index (κ1) is 19.2. The van der Waals surface area contributed by atoms with E-state index >= 15 is 0 Å². The standard InChI is InChI=1S/C23H24N2O4/c1-14-13-17(29-2)7-8-18(14)21(26)19-20(15-9-11-24-12-10-15)25(23(28)22(19)27)16-5-3-4-6-16/h7-13,16,20,26H,3-6H2,1-2H3/b21-19-. The number of rotatable bonds is 4. The first-order valence-corrected chi connectivity index (χ1v) is 9.88. The van der Waals surface area contributed by atoms with Crippen LogP contribution in [0.1, 0.15) is 48.4 Å². The predicted molar refractivity (Wildman–Crippen MR) is 108 cm³/mol. The number of aromatic nitrogens is 1. The second-order valence-electron chi connectivity index (χ2n) is 7.61. The van der Waals surface area contributed by atoms with Gasteiger partial charge in [0.15, 0.2) is 0 Å². The third kappa shape index (κ3) is 3.28. The fourth-order valence-corrected chi connectivity index (χ4v) is 4.46.